The molecule has 0 atom stereocenters. The molecule has 1 saturated heterocycles. The van der Waals surface area contributed by atoms with E-state index < -0.39 is 0 Å². The summed E-state index contributed by atoms with van der Waals surface area (Å²) in [7, 11) is 0. The maximum atomic E-state index is 11.6. The summed E-state index contributed by atoms with van der Waals surface area (Å²) in [6.07, 6.45) is 1.63. The molecule has 0 radical (unpaired) electrons. The van der Waals surface area contributed by atoms with Crippen molar-refractivity contribution in [3.05, 3.63) is 42.5 Å². The van der Waals surface area contributed by atoms with Crippen LogP contribution < -0.4 is 15.5 Å². The lowest BCUT2D eigenvalue weighted by molar-refractivity contribution is 0.0958. The second kappa shape index (κ2) is 5.35. The van der Waals surface area contributed by atoms with Gasteiger partial charge in [-0.25, -0.2) is 4.79 Å². The van der Waals surface area contributed by atoms with Crippen LogP contribution in [0.15, 0.2) is 36.9 Å². The summed E-state index contributed by atoms with van der Waals surface area (Å²) in [5.41, 5.74) is 1.37. The van der Waals surface area contributed by atoms with Crippen molar-refractivity contribution in [3.63, 3.8) is 0 Å². The van der Waals surface area contributed by atoms with Crippen molar-refractivity contribution in [2.75, 3.05) is 24.5 Å². The Morgan fingerprint density at radius 3 is 2.72 bits per heavy atom. The fraction of sp³-hybridized carbons (Fsp3) is 0.231. The van der Waals surface area contributed by atoms with E-state index in [2.05, 4.69) is 17.2 Å². The Bertz CT molecular complexity index is 468. The SMILES string of the molecule is C=CCNC(=O)c1ccc(N2CCNC2=O)cc1. The summed E-state index contributed by atoms with van der Waals surface area (Å²) in [5, 5.41) is 5.43. The molecule has 0 bridgehead atoms. The van der Waals surface area contributed by atoms with E-state index in [0.29, 0.717) is 25.2 Å². The van der Waals surface area contributed by atoms with E-state index in [1.54, 1.807) is 35.2 Å². The first-order chi connectivity index (χ1) is 8.72. The fourth-order valence-corrected chi connectivity index (χ4v) is 1.78. The van der Waals surface area contributed by atoms with Gasteiger partial charge in [0.1, 0.15) is 0 Å². The first-order valence-corrected chi connectivity index (χ1v) is 5.77. The first kappa shape index (κ1) is 12.2. The van der Waals surface area contributed by atoms with Gasteiger partial charge in [-0.2, -0.15) is 0 Å². The van der Waals surface area contributed by atoms with Gasteiger partial charge in [0.05, 0.1) is 0 Å². The van der Waals surface area contributed by atoms with E-state index in [-0.39, 0.29) is 11.9 Å². The highest BCUT2D eigenvalue weighted by atomic mass is 16.2. The zero-order valence-corrected chi connectivity index (χ0v) is 9.98. The number of nitrogens with one attached hydrogen (secondary N) is 2. The number of carbonyl (C=O) groups is 2. The molecule has 0 unspecified atom stereocenters. The lowest BCUT2D eigenvalue weighted by atomic mass is 10.2. The zero-order valence-electron chi connectivity index (χ0n) is 9.98. The van der Waals surface area contributed by atoms with Crippen molar-refractivity contribution in [2.24, 2.45) is 0 Å². The molecule has 1 aliphatic heterocycles. The maximum absolute atomic E-state index is 11.6. The Hall–Kier alpha value is -2.30. The zero-order chi connectivity index (χ0) is 13.0. The average molecular weight is 245 g/mol. The molecular weight excluding hydrogens is 230 g/mol. The quantitative estimate of drug-likeness (QED) is 0.781. The normalized spacial score (nSPS) is 14.2. The van der Waals surface area contributed by atoms with Crippen molar-refractivity contribution in [1.82, 2.24) is 10.6 Å². The molecule has 1 heterocycles. The molecule has 2 N–H and O–H groups in total. The van der Waals surface area contributed by atoms with E-state index in [1.807, 2.05) is 0 Å². The molecule has 1 fully saturated rings. The molecule has 1 aromatic carbocycles. The minimum atomic E-state index is -0.146. The Morgan fingerprint density at radius 1 is 1.44 bits per heavy atom. The van der Waals surface area contributed by atoms with Crippen LogP contribution in [-0.4, -0.2) is 31.6 Å². The van der Waals surface area contributed by atoms with Crippen molar-refractivity contribution in [1.29, 1.82) is 0 Å². The number of hydrogen-bond acceptors (Lipinski definition) is 2. The van der Waals surface area contributed by atoms with Gasteiger partial charge in [-0.05, 0) is 24.3 Å². The maximum Gasteiger partial charge on any atom is 0.321 e. The van der Waals surface area contributed by atoms with Gasteiger partial charge in [0.2, 0.25) is 0 Å². The molecule has 0 spiro atoms. The van der Waals surface area contributed by atoms with Crippen LogP contribution in [0.3, 0.4) is 0 Å². The van der Waals surface area contributed by atoms with Crippen LogP contribution in [0.5, 0.6) is 0 Å². The molecule has 5 nitrogen and oxygen atoms in total. The third kappa shape index (κ3) is 2.51. The molecule has 2 rings (SSSR count). The topological polar surface area (TPSA) is 61.4 Å². The molecule has 0 aromatic heterocycles. The number of rotatable bonds is 4. The number of benzene rings is 1. The predicted molar refractivity (Wildman–Crippen MR) is 69.7 cm³/mol. The van der Waals surface area contributed by atoms with Gasteiger partial charge in [-0.1, -0.05) is 6.08 Å². The summed E-state index contributed by atoms with van der Waals surface area (Å²) < 4.78 is 0. The van der Waals surface area contributed by atoms with Crippen molar-refractivity contribution in [3.8, 4) is 0 Å². The van der Waals surface area contributed by atoms with Crippen LogP contribution in [0.4, 0.5) is 10.5 Å². The van der Waals surface area contributed by atoms with Crippen molar-refractivity contribution in [2.45, 2.75) is 0 Å². The first-order valence-electron chi connectivity index (χ1n) is 5.77. The number of urea groups is 1. The molecule has 3 amide bonds. The highest BCUT2D eigenvalue weighted by Gasteiger charge is 2.20. The monoisotopic (exact) mass is 245 g/mol. The van der Waals surface area contributed by atoms with Crippen LogP contribution in [0, 0.1) is 0 Å². The lowest BCUT2D eigenvalue weighted by Crippen LogP contribution is -2.28. The molecule has 1 aromatic rings. The second-order valence-corrected chi connectivity index (χ2v) is 3.93. The van der Waals surface area contributed by atoms with Gasteiger partial charge in [0, 0.05) is 30.9 Å². The van der Waals surface area contributed by atoms with E-state index in [1.165, 1.54) is 0 Å². The summed E-state index contributed by atoms with van der Waals surface area (Å²) in [5.74, 6) is -0.146. The molecule has 0 saturated carbocycles. The smallest absolute Gasteiger partial charge is 0.321 e. The standard InChI is InChI=1S/C13H15N3O2/c1-2-7-14-12(17)10-3-5-11(6-4-10)16-9-8-15-13(16)18/h2-6H,1,7-9H2,(H,14,17)(H,15,18). The van der Waals surface area contributed by atoms with Crippen molar-refractivity contribution < 1.29 is 9.59 Å². The Labute approximate surface area is 105 Å². The van der Waals surface area contributed by atoms with Crippen LogP contribution in [0.1, 0.15) is 10.4 Å². The number of amides is 3. The third-order valence-corrected chi connectivity index (χ3v) is 2.70. The molecule has 94 valence electrons. The molecule has 1 aliphatic rings. The summed E-state index contributed by atoms with van der Waals surface area (Å²) in [4.78, 5) is 24.8. The second-order valence-electron chi connectivity index (χ2n) is 3.93. The minimum absolute atomic E-state index is 0.0983. The lowest BCUT2D eigenvalue weighted by Gasteiger charge is -2.14. The Kier molecular flexibility index (Phi) is 3.62. The van der Waals surface area contributed by atoms with E-state index in [4.69, 9.17) is 0 Å². The molecular formula is C13H15N3O2. The average Bonchev–Trinajstić information content (AvgIpc) is 2.82. The molecule has 0 aliphatic carbocycles. The van der Waals surface area contributed by atoms with Gasteiger partial charge in [-0.15, -0.1) is 6.58 Å². The van der Waals surface area contributed by atoms with Gasteiger partial charge in [-0.3, -0.25) is 9.69 Å². The number of anilines is 1. The summed E-state index contributed by atoms with van der Waals surface area (Å²) in [6, 6.07) is 6.86. The van der Waals surface area contributed by atoms with E-state index >= 15 is 0 Å². The molecule has 5 heteroatoms. The van der Waals surface area contributed by atoms with E-state index in [0.717, 1.165) is 5.69 Å². The van der Waals surface area contributed by atoms with Crippen molar-refractivity contribution >= 4 is 17.6 Å². The summed E-state index contributed by atoms with van der Waals surface area (Å²) in [6.45, 7) is 5.28. The highest BCUT2D eigenvalue weighted by Crippen LogP contribution is 2.17. The Morgan fingerprint density at radius 2 is 2.17 bits per heavy atom. The van der Waals surface area contributed by atoms with Crippen LogP contribution >= 0.6 is 0 Å². The van der Waals surface area contributed by atoms with Crippen LogP contribution in [0.2, 0.25) is 0 Å². The fourth-order valence-electron chi connectivity index (χ4n) is 1.78. The number of nitrogens with zero attached hydrogens (tertiary/aromatic N) is 1. The van der Waals surface area contributed by atoms with Gasteiger partial charge < -0.3 is 10.6 Å². The van der Waals surface area contributed by atoms with Crippen LogP contribution in [0.25, 0.3) is 0 Å². The predicted octanol–water partition coefficient (Wildman–Crippen LogP) is 1.13. The number of carbonyl (C=O) groups excluding carboxylic acids is 2. The van der Waals surface area contributed by atoms with E-state index in [9.17, 15) is 9.59 Å². The minimum Gasteiger partial charge on any atom is -0.349 e. The third-order valence-electron chi connectivity index (χ3n) is 2.70. The Balaban J connectivity index is 2.07. The summed E-state index contributed by atoms with van der Waals surface area (Å²) >= 11 is 0. The largest absolute Gasteiger partial charge is 0.349 e. The number of hydrogen-bond donors (Lipinski definition) is 2. The van der Waals surface area contributed by atoms with Crippen LogP contribution in [-0.2, 0) is 0 Å². The van der Waals surface area contributed by atoms with Gasteiger partial charge in [0.15, 0.2) is 0 Å². The van der Waals surface area contributed by atoms with Gasteiger partial charge >= 0.3 is 6.03 Å². The highest BCUT2D eigenvalue weighted by molar-refractivity contribution is 5.97. The molecule has 18 heavy (non-hydrogen) atoms. The van der Waals surface area contributed by atoms with Gasteiger partial charge in [0.25, 0.3) is 5.91 Å².